The molecular formula is C49H76O7. The molecule has 56 heavy (non-hydrogen) atoms. The maximum atomic E-state index is 10.8. The van der Waals surface area contributed by atoms with Gasteiger partial charge in [0.15, 0.2) is 12.6 Å². The molecule has 0 spiro atoms. The number of hydrogen-bond donors (Lipinski definition) is 1. The zero-order valence-corrected chi connectivity index (χ0v) is 36.9. The van der Waals surface area contributed by atoms with Gasteiger partial charge in [0.2, 0.25) is 0 Å². The normalized spacial score (nSPS) is 18.1. The van der Waals surface area contributed by atoms with Crippen LogP contribution in [-0.4, -0.2) is 44.0 Å². The molecule has 1 N–H and O–H groups in total. The van der Waals surface area contributed by atoms with E-state index >= 15 is 0 Å². The molecule has 0 bridgehead atoms. The quantitative estimate of drug-likeness (QED) is 0.102. The van der Waals surface area contributed by atoms with Crippen molar-refractivity contribution in [3.8, 4) is 17.2 Å². The van der Waals surface area contributed by atoms with Gasteiger partial charge >= 0.3 is 5.97 Å². The first-order valence-corrected chi connectivity index (χ1v) is 21.3. The Morgan fingerprint density at radius 1 is 0.607 bits per heavy atom. The maximum Gasteiger partial charge on any atom is 0.311 e. The molecule has 0 saturated heterocycles. The zero-order chi connectivity index (χ0) is 41.7. The Kier molecular flexibility index (Phi) is 22.3. The number of phenols is 1. The fraction of sp³-hybridized carbons (Fsp3) is 0.612. The summed E-state index contributed by atoms with van der Waals surface area (Å²) in [5, 5.41) is 9.01. The van der Waals surface area contributed by atoms with E-state index in [1.807, 2.05) is 46.8 Å². The Morgan fingerprint density at radius 3 is 1.20 bits per heavy atom. The van der Waals surface area contributed by atoms with Crippen LogP contribution in [0, 0.1) is 17.3 Å². The average molecular weight is 777 g/mol. The van der Waals surface area contributed by atoms with E-state index in [9.17, 15) is 4.79 Å². The smallest absolute Gasteiger partial charge is 0.311 e. The van der Waals surface area contributed by atoms with Gasteiger partial charge in [0.1, 0.15) is 17.2 Å². The molecule has 0 radical (unpaired) electrons. The first kappa shape index (κ1) is 48.6. The monoisotopic (exact) mass is 777 g/mol. The van der Waals surface area contributed by atoms with Crippen LogP contribution in [0.15, 0.2) is 72.8 Å². The molecule has 4 rings (SSSR count). The van der Waals surface area contributed by atoms with E-state index in [1.54, 1.807) is 12.1 Å². The van der Waals surface area contributed by atoms with Gasteiger partial charge in [-0.1, -0.05) is 84.9 Å². The largest absolute Gasteiger partial charge is 0.508 e. The van der Waals surface area contributed by atoms with E-state index < -0.39 is 0 Å². The molecule has 314 valence electrons. The summed E-state index contributed by atoms with van der Waals surface area (Å²) < 4.78 is 28.6. The summed E-state index contributed by atoms with van der Waals surface area (Å²) in [4.78, 5) is 10.8. The molecule has 5 atom stereocenters. The molecule has 7 nitrogen and oxygen atoms in total. The standard InChI is InChI=1S/C32H48O4.C10H14O.C7H14O2/c1-7-23(3)29-13-17-31(18-14-29)35-25(5)33-21-27-9-11-28(12-10-27)22-34-26(6)36-32-19-15-30(16-20-32)24(4)8-2;1-3-8(2)9-4-6-10(11)7-5-9;1-5-7(2,3)6(8)9-4/h13-20,23-28H,7-12,21-22H2,1-6H3;4-8,11H,3H2,1-2H3;5H2,1-4H3. The molecule has 1 aliphatic rings. The van der Waals surface area contributed by atoms with E-state index in [1.165, 1.54) is 49.5 Å². The predicted octanol–water partition coefficient (Wildman–Crippen LogP) is 13.2. The van der Waals surface area contributed by atoms with Crippen molar-refractivity contribution >= 4 is 5.97 Å². The number of aromatic hydroxyl groups is 1. The van der Waals surface area contributed by atoms with E-state index in [0.717, 1.165) is 50.4 Å². The maximum absolute atomic E-state index is 10.8. The van der Waals surface area contributed by atoms with Crippen molar-refractivity contribution in [2.24, 2.45) is 17.3 Å². The Bertz CT molecular complexity index is 1390. The summed E-state index contributed by atoms with van der Waals surface area (Å²) in [6, 6.07) is 24.3. The van der Waals surface area contributed by atoms with Crippen molar-refractivity contribution in [2.45, 2.75) is 158 Å². The third-order valence-corrected chi connectivity index (χ3v) is 11.5. The summed E-state index contributed by atoms with van der Waals surface area (Å²) in [7, 11) is 1.42. The highest BCUT2D eigenvalue weighted by Gasteiger charge is 2.26. The van der Waals surface area contributed by atoms with Crippen LogP contribution in [0.5, 0.6) is 17.2 Å². The van der Waals surface area contributed by atoms with Gasteiger partial charge in [-0.15, -0.1) is 0 Å². The second kappa shape index (κ2) is 25.7. The minimum atomic E-state index is -0.311. The van der Waals surface area contributed by atoms with Gasteiger partial charge in [0, 0.05) is 0 Å². The van der Waals surface area contributed by atoms with Crippen molar-refractivity contribution < 1.29 is 33.6 Å². The topological polar surface area (TPSA) is 83.5 Å². The lowest BCUT2D eigenvalue weighted by Gasteiger charge is -2.29. The molecule has 0 amide bonds. The number of carbonyl (C=O) groups is 1. The zero-order valence-electron chi connectivity index (χ0n) is 36.9. The third kappa shape index (κ3) is 17.7. The van der Waals surface area contributed by atoms with Crippen molar-refractivity contribution in [1.82, 2.24) is 0 Å². The Hall–Kier alpha value is -3.55. The lowest BCUT2D eigenvalue weighted by atomic mass is 9.83. The van der Waals surface area contributed by atoms with E-state index in [4.69, 9.17) is 24.1 Å². The third-order valence-electron chi connectivity index (χ3n) is 11.5. The second-order valence-electron chi connectivity index (χ2n) is 16.3. The van der Waals surface area contributed by atoms with Crippen LogP contribution in [0.2, 0.25) is 0 Å². The van der Waals surface area contributed by atoms with E-state index in [0.29, 0.717) is 35.3 Å². The molecule has 0 aromatic heterocycles. The number of benzene rings is 3. The molecule has 3 aromatic carbocycles. The molecule has 1 fully saturated rings. The van der Waals surface area contributed by atoms with Gasteiger partial charge in [-0.05, 0) is 162 Å². The van der Waals surface area contributed by atoms with Crippen LogP contribution in [-0.2, 0) is 19.0 Å². The van der Waals surface area contributed by atoms with Crippen molar-refractivity contribution in [2.75, 3.05) is 20.3 Å². The predicted molar refractivity (Wildman–Crippen MR) is 231 cm³/mol. The Labute approximate surface area is 340 Å². The Morgan fingerprint density at radius 2 is 0.929 bits per heavy atom. The van der Waals surface area contributed by atoms with Crippen molar-refractivity contribution in [1.29, 1.82) is 0 Å². The number of hydrogen-bond acceptors (Lipinski definition) is 7. The van der Waals surface area contributed by atoms with E-state index in [-0.39, 0.29) is 24.0 Å². The number of ether oxygens (including phenoxy) is 5. The fourth-order valence-corrected chi connectivity index (χ4v) is 6.24. The minimum Gasteiger partial charge on any atom is -0.508 e. The first-order chi connectivity index (χ1) is 26.7. The highest BCUT2D eigenvalue weighted by atomic mass is 16.7. The highest BCUT2D eigenvalue weighted by Crippen LogP contribution is 2.31. The number of rotatable bonds is 18. The molecule has 0 heterocycles. The lowest BCUT2D eigenvalue weighted by molar-refractivity contribution is -0.150. The molecule has 3 aromatic rings. The van der Waals surface area contributed by atoms with Gasteiger partial charge in [0.05, 0.1) is 25.7 Å². The number of methoxy groups -OCH3 is 1. The average Bonchev–Trinajstić information content (AvgIpc) is 3.22. The second-order valence-corrected chi connectivity index (χ2v) is 16.3. The van der Waals surface area contributed by atoms with Crippen LogP contribution in [0.4, 0.5) is 0 Å². The summed E-state index contributed by atoms with van der Waals surface area (Å²) in [5.74, 6) is 4.90. The van der Waals surface area contributed by atoms with E-state index in [2.05, 4.69) is 94.8 Å². The van der Waals surface area contributed by atoms with Crippen molar-refractivity contribution in [3.63, 3.8) is 0 Å². The van der Waals surface area contributed by atoms with Crippen LogP contribution in [0.3, 0.4) is 0 Å². The van der Waals surface area contributed by atoms with Crippen molar-refractivity contribution in [3.05, 3.63) is 89.5 Å². The van der Waals surface area contributed by atoms with Gasteiger partial charge in [-0.25, -0.2) is 0 Å². The van der Waals surface area contributed by atoms with Gasteiger partial charge in [0.25, 0.3) is 0 Å². The minimum absolute atomic E-state index is 0.134. The summed E-state index contributed by atoms with van der Waals surface area (Å²) in [5.41, 5.74) is 3.70. The lowest BCUT2D eigenvalue weighted by Crippen LogP contribution is -2.27. The molecular weight excluding hydrogens is 701 g/mol. The number of esters is 1. The van der Waals surface area contributed by atoms with Gasteiger partial charge < -0.3 is 28.8 Å². The number of phenolic OH excluding ortho intramolecular Hbond substituents is 1. The van der Waals surface area contributed by atoms with Crippen LogP contribution >= 0.6 is 0 Å². The number of carbonyl (C=O) groups excluding carboxylic acids is 1. The van der Waals surface area contributed by atoms with Gasteiger partial charge in [-0.3, -0.25) is 4.79 Å². The molecule has 5 unspecified atom stereocenters. The highest BCUT2D eigenvalue weighted by molar-refractivity contribution is 5.75. The molecule has 0 aliphatic heterocycles. The van der Waals surface area contributed by atoms with Crippen LogP contribution < -0.4 is 9.47 Å². The molecule has 1 aliphatic carbocycles. The summed E-state index contributed by atoms with van der Waals surface area (Å²) >= 11 is 0. The summed E-state index contributed by atoms with van der Waals surface area (Å²) in [6.07, 6.45) is 8.49. The SMILES string of the molecule is CCC(C)(C)C(=O)OC.CCC(C)c1ccc(O)cc1.CCC(C)c1ccc(OC(C)OCC2CCC(COC(C)Oc3ccc(C(C)CC)cc3)CC2)cc1. The summed E-state index contributed by atoms with van der Waals surface area (Å²) in [6.45, 7) is 24.5. The molecule has 7 heteroatoms. The Balaban J connectivity index is 0.000000440. The van der Waals surface area contributed by atoms with Crippen LogP contribution in [0.1, 0.15) is 162 Å². The van der Waals surface area contributed by atoms with Gasteiger partial charge in [-0.2, -0.15) is 0 Å². The first-order valence-electron chi connectivity index (χ1n) is 21.3. The fourth-order valence-electron chi connectivity index (χ4n) is 6.24. The molecule has 1 saturated carbocycles. The van der Waals surface area contributed by atoms with Crippen LogP contribution in [0.25, 0.3) is 0 Å².